The lowest BCUT2D eigenvalue weighted by molar-refractivity contribution is -0.118. The van der Waals surface area contributed by atoms with E-state index in [0.29, 0.717) is 6.54 Å². The molecule has 22 heavy (non-hydrogen) atoms. The fourth-order valence-corrected chi connectivity index (χ4v) is 2.62. The lowest BCUT2D eigenvalue weighted by Crippen LogP contribution is -2.22. The molecule has 0 spiro atoms. The molecule has 0 saturated heterocycles. The van der Waals surface area contributed by atoms with Gasteiger partial charge >= 0.3 is 0 Å². The van der Waals surface area contributed by atoms with Crippen molar-refractivity contribution in [1.29, 1.82) is 0 Å². The summed E-state index contributed by atoms with van der Waals surface area (Å²) in [7, 11) is 1.67. The Bertz CT molecular complexity index is 788. The minimum Gasteiger partial charge on any atom is -0.497 e. The highest BCUT2D eigenvalue weighted by atomic mass is 16.5. The van der Waals surface area contributed by atoms with E-state index in [1.807, 2.05) is 41.3 Å². The first-order valence-corrected chi connectivity index (χ1v) is 7.25. The Kier molecular flexibility index (Phi) is 3.87. The van der Waals surface area contributed by atoms with Gasteiger partial charge in [0.1, 0.15) is 5.75 Å². The van der Waals surface area contributed by atoms with Crippen LogP contribution >= 0.6 is 0 Å². The van der Waals surface area contributed by atoms with Gasteiger partial charge in [-0.25, -0.2) is 0 Å². The topological polar surface area (TPSA) is 48.2 Å². The Balaban J connectivity index is 2.03. The molecular weight excluding hydrogens is 278 g/mol. The number of carbonyl (C=O) groups is 1. The first-order chi connectivity index (χ1) is 10.7. The molecule has 0 aliphatic heterocycles. The van der Waals surface area contributed by atoms with E-state index in [-0.39, 0.29) is 5.91 Å². The van der Waals surface area contributed by atoms with Gasteiger partial charge < -0.3 is 10.1 Å². The molecule has 0 aliphatic carbocycles. The number of nitrogens with one attached hydrogen (secondary N) is 1. The zero-order chi connectivity index (χ0) is 15.5. The van der Waals surface area contributed by atoms with Crippen LogP contribution in [0, 0.1) is 0 Å². The predicted molar refractivity (Wildman–Crippen MR) is 86.1 cm³/mol. The van der Waals surface area contributed by atoms with Crippen molar-refractivity contribution >= 4 is 16.8 Å². The molecule has 3 rings (SSSR count). The minimum absolute atomic E-state index is 0.00766. The number of fused-ring (bicyclic) bond motifs is 1. The number of benzene rings is 1. The third-order valence-corrected chi connectivity index (χ3v) is 3.68. The summed E-state index contributed by atoms with van der Waals surface area (Å²) >= 11 is 0. The molecule has 0 aliphatic rings. The van der Waals surface area contributed by atoms with Gasteiger partial charge in [0.2, 0.25) is 5.91 Å². The van der Waals surface area contributed by atoms with Crippen LogP contribution < -0.4 is 10.1 Å². The van der Waals surface area contributed by atoms with Crippen molar-refractivity contribution in [2.24, 2.45) is 0 Å². The second-order valence-electron chi connectivity index (χ2n) is 5.18. The molecule has 0 atom stereocenters. The molecule has 1 aromatic carbocycles. The third kappa shape index (κ3) is 2.70. The van der Waals surface area contributed by atoms with Gasteiger partial charge in [-0.15, -0.1) is 0 Å². The van der Waals surface area contributed by atoms with Crippen molar-refractivity contribution in [1.82, 2.24) is 14.7 Å². The summed E-state index contributed by atoms with van der Waals surface area (Å²) in [5.74, 6) is 0.824. The quantitative estimate of drug-likeness (QED) is 0.786. The molecule has 1 N–H and O–H groups in total. The molecule has 5 heteroatoms. The highest BCUT2D eigenvalue weighted by Crippen LogP contribution is 2.26. The van der Waals surface area contributed by atoms with E-state index in [1.54, 1.807) is 7.11 Å². The van der Waals surface area contributed by atoms with Crippen LogP contribution in [0.25, 0.3) is 10.9 Å². The summed E-state index contributed by atoms with van der Waals surface area (Å²) in [4.78, 5) is 11.0. The molecule has 114 valence electrons. The monoisotopic (exact) mass is 297 g/mol. The molecule has 5 nitrogen and oxygen atoms in total. The Labute approximate surface area is 129 Å². The summed E-state index contributed by atoms with van der Waals surface area (Å²) in [5.41, 5.74) is 2.28. The average Bonchev–Trinajstić information content (AvgIpc) is 3.14. The van der Waals surface area contributed by atoms with Crippen LogP contribution in [0.3, 0.4) is 0 Å². The number of aromatic nitrogens is 2. The smallest absolute Gasteiger partial charge is 0.216 e. The van der Waals surface area contributed by atoms with Crippen LogP contribution in [-0.4, -0.2) is 28.9 Å². The predicted octanol–water partition coefficient (Wildman–Crippen LogP) is 2.44. The van der Waals surface area contributed by atoms with Crippen LogP contribution in [-0.2, 0) is 11.2 Å². The maximum atomic E-state index is 11.0. The minimum atomic E-state index is -0.00766. The van der Waals surface area contributed by atoms with E-state index in [0.717, 1.165) is 23.1 Å². The van der Waals surface area contributed by atoms with E-state index in [4.69, 9.17) is 4.74 Å². The van der Waals surface area contributed by atoms with Gasteiger partial charge in [-0.05, 0) is 42.3 Å². The number of carbonyl (C=O) groups excluding carboxylic acids is 1. The van der Waals surface area contributed by atoms with E-state index < -0.39 is 0 Å². The van der Waals surface area contributed by atoms with E-state index in [2.05, 4.69) is 22.3 Å². The molecule has 1 amide bonds. The average molecular weight is 297 g/mol. The SMILES string of the molecule is COc1ccc2c(c1)c(CCNC(C)=O)cn2-n1cccc1. The number of nitrogens with zero attached hydrogens (tertiary/aromatic N) is 2. The van der Waals surface area contributed by atoms with Crippen molar-refractivity contribution in [2.45, 2.75) is 13.3 Å². The number of rotatable bonds is 5. The van der Waals surface area contributed by atoms with Crippen molar-refractivity contribution < 1.29 is 9.53 Å². The summed E-state index contributed by atoms with van der Waals surface area (Å²) in [6, 6.07) is 10.0. The maximum absolute atomic E-state index is 11.0. The van der Waals surface area contributed by atoms with Gasteiger partial charge in [-0.1, -0.05) is 0 Å². The molecule has 0 radical (unpaired) electrons. The third-order valence-electron chi connectivity index (χ3n) is 3.68. The molecule has 0 saturated carbocycles. The van der Waals surface area contributed by atoms with Crippen LogP contribution in [0.5, 0.6) is 5.75 Å². The van der Waals surface area contributed by atoms with Crippen molar-refractivity contribution in [2.75, 3.05) is 13.7 Å². The highest BCUT2D eigenvalue weighted by Gasteiger charge is 2.10. The van der Waals surface area contributed by atoms with E-state index in [1.165, 1.54) is 12.5 Å². The molecule has 0 bridgehead atoms. The van der Waals surface area contributed by atoms with E-state index >= 15 is 0 Å². The second-order valence-corrected chi connectivity index (χ2v) is 5.18. The Hall–Kier alpha value is -2.69. The lowest BCUT2D eigenvalue weighted by atomic mass is 10.1. The Morgan fingerprint density at radius 1 is 1.27 bits per heavy atom. The first-order valence-electron chi connectivity index (χ1n) is 7.25. The van der Waals surface area contributed by atoms with Gasteiger partial charge in [-0.3, -0.25) is 14.1 Å². The van der Waals surface area contributed by atoms with Crippen molar-refractivity contribution in [3.63, 3.8) is 0 Å². The normalized spacial score (nSPS) is 10.8. The summed E-state index contributed by atoms with van der Waals surface area (Å²) in [6.45, 7) is 2.16. The fraction of sp³-hybridized carbons (Fsp3) is 0.235. The summed E-state index contributed by atoms with van der Waals surface area (Å²) < 4.78 is 9.45. The number of hydrogen-bond acceptors (Lipinski definition) is 2. The molecule has 2 heterocycles. The first kappa shape index (κ1) is 14.3. The number of hydrogen-bond donors (Lipinski definition) is 1. The van der Waals surface area contributed by atoms with Crippen molar-refractivity contribution in [3.8, 4) is 5.75 Å². The van der Waals surface area contributed by atoms with Crippen LogP contribution in [0.4, 0.5) is 0 Å². The Morgan fingerprint density at radius 3 is 2.73 bits per heavy atom. The summed E-state index contributed by atoms with van der Waals surface area (Å²) in [5, 5.41) is 3.98. The van der Waals surface area contributed by atoms with Gasteiger partial charge in [0, 0.05) is 37.4 Å². The molecule has 0 unspecified atom stereocenters. The zero-order valence-corrected chi connectivity index (χ0v) is 12.7. The second kappa shape index (κ2) is 5.97. The standard InChI is InChI=1S/C17H19N3O2/c1-13(21)18-8-7-14-12-20(19-9-3-4-10-19)17-6-5-15(22-2)11-16(14)17/h3-6,9-12H,7-8H2,1-2H3,(H,18,21). The molecule has 2 aromatic heterocycles. The maximum Gasteiger partial charge on any atom is 0.216 e. The fourth-order valence-electron chi connectivity index (χ4n) is 2.62. The highest BCUT2D eigenvalue weighted by molar-refractivity contribution is 5.85. The van der Waals surface area contributed by atoms with Crippen LogP contribution in [0.1, 0.15) is 12.5 Å². The van der Waals surface area contributed by atoms with Crippen LogP contribution in [0.15, 0.2) is 48.9 Å². The summed E-state index contributed by atoms with van der Waals surface area (Å²) in [6.07, 6.45) is 6.88. The van der Waals surface area contributed by atoms with Crippen molar-refractivity contribution in [3.05, 3.63) is 54.5 Å². The molecule has 0 fully saturated rings. The van der Waals surface area contributed by atoms with Gasteiger partial charge in [0.15, 0.2) is 0 Å². The zero-order valence-electron chi connectivity index (χ0n) is 12.7. The number of ether oxygens (including phenoxy) is 1. The lowest BCUT2D eigenvalue weighted by Gasteiger charge is -2.06. The molecule has 3 aromatic rings. The van der Waals surface area contributed by atoms with Gasteiger partial charge in [-0.2, -0.15) is 0 Å². The van der Waals surface area contributed by atoms with Gasteiger partial charge in [0.25, 0.3) is 0 Å². The van der Waals surface area contributed by atoms with Crippen LogP contribution in [0.2, 0.25) is 0 Å². The van der Waals surface area contributed by atoms with Gasteiger partial charge in [0.05, 0.1) is 12.6 Å². The Morgan fingerprint density at radius 2 is 2.05 bits per heavy atom. The van der Waals surface area contributed by atoms with E-state index in [9.17, 15) is 4.79 Å². The number of methoxy groups -OCH3 is 1. The number of amides is 1. The largest absolute Gasteiger partial charge is 0.497 e. The molecular formula is C17H19N3O2.